The van der Waals surface area contributed by atoms with E-state index in [1.807, 2.05) is 0 Å². The standard InChI is InChI=1S/C16H28N2S/c1-11-18-14(10-19-11)9-12-8-13(16(2,3)4)6-7-15(12)17-5/h10,12-13,15,17H,6-9H2,1-5H3. The Morgan fingerprint density at radius 3 is 2.63 bits per heavy atom. The van der Waals surface area contributed by atoms with Crippen molar-refractivity contribution >= 4 is 11.3 Å². The van der Waals surface area contributed by atoms with E-state index >= 15 is 0 Å². The molecular formula is C16H28N2S. The van der Waals surface area contributed by atoms with Gasteiger partial charge in [-0.15, -0.1) is 11.3 Å². The molecule has 1 heterocycles. The van der Waals surface area contributed by atoms with Gasteiger partial charge < -0.3 is 5.32 Å². The van der Waals surface area contributed by atoms with E-state index < -0.39 is 0 Å². The maximum atomic E-state index is 4.65. The van der Waals surface area contributed by atoms with Crippen LogP contribution in [0.3, 0.4) is 0 Å². The van der Waals surface area contributed by atoms with Gasteiger partial charge in [-0.05, 0) is 56.9 Å². The molecule has 1 N–H and O–H groups in total. The highest BCUT2D eigenvalue weighted by Crippen LogP contribution is 2.41. The highest BCUT2D eigenvalue weighted by Gasteiger charge is 2.35. The van der Waals surface area contributed by atoms with Crippen LogP contribution in [0.15, 0.2) is 5.38 Å². The molecule has 2 nitrogen and oxygen atoms in total. The zero-order valence-electron chi connectivity index (χ0n) is 13.0. The molecule has 2 rings (SSSR count). The lowest BCUT2D eigenvalue weighted by molar-refractivity contribution is 0.116. The van der Waals surface area contributed by atoms with Gasteiger partial charge in [0, 0.05) is 11.4 Å². The van der Waals surface area contributed by atoms with Gasteiger partial charge in [0.05, 0.1) is 10.7 Å². The number of nitrogens with one attached hydrogen (secondary N) is 1. The Hall–Kier alpha value is -0.410. The number of hydrogen-bond donors (Lipinski definition) is 1. The number of thiazole rings is 1. The molecule has 0 bridgehead atoms. The molecule has 0 aromatic carbocycles. The maximum absolute atomic E-state index is 4.65. The summed E-state index contributed by atoms with van der Waals surface area (Å²) in [6.45, 7) is 9.27. The van der Waals surface area contributed by atoms with Crippen LogP contribution in [-0.2, 0) is 6.42 Å². The average molecular weight is 280 g/mol. The third-order valence-electron chi connectivity index (χ3n) is 4.72. The summed E-state index contributed by atoms with van der Waals surface area (Å²) in [5.41, 5.74) is 1.73. The molecule has 0 amide bonds. The topological polar surface area (TPSA) is 24.9 Å². The quantitative estimate of drug-likeness (QED) is 0.903. The molecule has 3 atom stereocenters. The zero-order chi connectivity index (χ0) is 14.0. The van der Waals surface area contributed by atoms with Crippen LogP contribution in [0.5, 0.6) is 0 Å². The van der Waals surface area contributed by atoms with E-state index in [1.165, 1.54) is 30.0 Å². The van der Waals surface area contributed by atoms with Crippen molar-refractivity contribution < 1.29 is 0 Å². The van der Waals surface area contributed by atoms with E-state index in [4.69, 9.17) is 0 Å². The van der Waals surface area contributed by atoms with E-state index in [0.717, 1.165) is 18.3 Å². The van der Waals surface area contributed by atoms with Crippen molar-refractivity contribution in [1.29, 1.82) is 0 Å². The Bertz CT molecular complexity index is 405. The molecule has 3 heteroatoms. The van der Waals surface area contributed by atoms with E-state index in [1.54, 1.807) is 11.3 Å². The third-order valence-corrected chi connectivity index (χ3v) is 5.54. The second kappa shape index (κ2) is 5.92. The molecule has 19 heavy (non-hydrogen) atoms. The Morgan fingerprint density at radius 2 is 2.11 bits per heavy atom. The van der Waals surface area contributed by atoms with Crippen molar-refractivity contribution in [3.8, 4) is 0 Å². The second-order valence-corrected chi connectivity index (χ2v) is 8.16. The number of aromatic nitrogens is 1. The number of aryl methyl sites for hydroxylation is 1. The summed E-state index contributed by atoms with van der Waals surface area (Å²) in [6, 6.07) is 0.667. The fourth-order valence-electron chi connectivity index (χ4n) is 3.43. The van der Waals surface area contributed by atoms with Crippen molar-refractivity contribution in [2.24, 2.45) is 17.3 Å². The fourth-order valence-corrected chi connectivity index (χ4v) is 4.05. The average Bonchev–Trinajstić information content (AvgIpc) is 2.73. The van der Waals surface area contributed by atoms with Gasteiger partial charge in [-0.2, -0.15) is 0 Å². The molecule has 1 aromatic heterocycles. The molecule has 0 saturated heterocycles. The molecule has 0 aliphatic heterocycles. The molecule has 1 aliphatic rings. The summed E-state index contributed by atoms with van der Waals surface area (Å²) in [5, 5.41) is 6.96. The van der Waals surface area contributed by atoms with E-state index in [0.29, 0.717) is 11.5 Å². The van der Waals surface area contributed by atoms with E-state index in [9.17, 15) is 0 Å². The summed E-state index contributed by atoms with van der Waals surface area (Å²) >= 11 is 1.78. The van der Waals surface area contributed by atoms with Gasteiger partial charge in [-0.1, -0.05) is 20.8 Å². The van der Waals surface area contributed by atoms with Crippen LogP contribution in [0.4, 0.5) is 0 Å². The smallest absolute Gasteiger partial charge is 0.0897 e. The molecule has 1 saturated carbocycles. The van der Waals surface area contributed by atoms with Gasteiger partial charge in [-0.25, -0.2) is 4.98 Å². The van der Waals surface area contributed by atoms with Crippen molar-refractivity contribution in [2.75, 3.05) is 7.05 Å². The third kappa shape index (κ3) is 3.79. The number of hydrogen-bond acceptors (Lipinski definition) is 3. The largest absolute Gasteiger partial charge is 0.317 e. The Balaban J connectivity index is 2.05. The van der Waals surface area contributed by atoms with Crippen LogP contribution in [-0.4, -0.2) is 18.1 Å². The van der Waals surface area contributed by atoms with Gasteiger partial charge in [0.1, 0.15) is 0 Å². The predicted octanol–water partition coefficient (Wildman–Crippen LogP) is 4.04. The lowest BCUT2D eigenvalue weighted by Crippen LogP contribution is -2.42. The van der Waals surface area contributed by atoms with Crippen molar-refractivity contribution in [3.05, 3.63) is 16.1 Å². The molecule has 3 unspecified atom stereocenters. The first-order valence-corrected chi connectivity index (χ1v) is 8.36. The first kappa shape index (κ1) is 15.0. The minimum absolute atomic E-state index is 0.439. The minimum atomic E-state index is 0.439. The monoisotopic (exact) mass is 280 g/mol. The molecule has 0 radical (unpaired) electrons. The lowest BCUT2D eigenvalue weighted by atomic mass is 9.66. The molecular weight excluding hydrogens is 252 g/mol. The van der Waals surface area contributed by atoms with Gasteiger partial charge in [-0.3, -0.25) is 0 Å². The normalized spacial score (nSPS) is 28.6. The summed E-state index contributed by atoms with van der Waals surface area (Å²) in [5.74, 6) is 1.59. The highest BCUT2D eigenvalue weighted by atomic mass is 32.1. The van der Waals surface area contributed by atoms with Crippen LogP contribution in [0, 0.1) is 24.2 Å². The number of rotatable bonds is 3. The fraction of sp³-hybridized carbons (Fsp3) is 0.812. The van der Waals surface area contributed by atoms with Gasteiger partial charge in [0.25, 0.3) is 0 Å². The van der Waals surface area contributed by atoms with Crippen LogP contribution < -0.4 is 5.32 Å². The molecule has 0 spiro atoms. The Labute approximate surface area is 122 Å². The predicted molar refractivity (Wildman–Crippen MR) is 83.7 cm³/mol. The second-order valence-electron chi connectivity index (χ2n) is 7.09. The van der Waals surface area contributed by atoms with Gasteiger partial charge >= 0.3 is 0 Å². The summed E-state index contributed by atoms with van der Waals surface area (Å²) in [7, 11) is 2.11. The molecule has 1 fully saturated rings. The molecule has 1 aromatic rings. The first-order valence-electron chi connectivity index (χ1n) is 7.48. The van der Waals surface area contributed by atoms with Crippen LogP contribution in [0.2, 0.25) is 0 Å². The molecule has 108 valence electrons. The SMILES string of the molecule is CNC1CCC(C(C)(C)C)CC1Cc1csc(C)n1. The van der Waals surface area contributed by atoms with Gasteiger partial charge in [0.15, 0.2) is 0 Å². The van der Waals surface area contributed by atoms with Crippen molar-refractivity contribution in [1.82, 2.24) is 10.3 Å². The van der Waals surface area contributed by atoms with Crippen LogP contribution in [0.25, 0.3) is 0 Å². The van der Waals surface area contributed by atoms with Gasteiger partial charge in [0.2, 0.25) is 0 Å². The Kier molecular flexibility index (Phi) is 4.67. The highest BCUT2D eigenvalue weighted by molar-refractivity contribution is 7.09. The van der Waals surface area contributed by atoms with Crippen molar-refractivity contribution in [3.63, 3.8) is 0 Å². The van der Waals surface area contributed by atoms with Crippen LogP contribution in [0.1, 0.15) is 50.7 Å². The molecule has 1 aliphatic carbocycles. The number of nitrogens with zero attached hydrogens (tertiary/aromatic N) is 1. The van der Waals surface area contributed by atoms with E-state index in [-0.39, 0.29) is 0 Å². The minimum Gasteiger partial charge on any atom is -0.317 e. The lowest BCUT2D eigenvalue weighted by Gasteiger charge is -2.41. The van der Waals surface area contributed by atoms with Crippen LogP contribution >= 0.6 is 11.3 Å². The van der Waals surface area contributed by atoms with E-state index in [2.05, 4.69) is 50.4 Å². The maximum Gasteiger partial charge on any atom is 0.0897 e. The first-order chi connectivity index (χ1) is 8.90. The Morgan fingerprint density at radius 1 is 1.37 bits per heavy atom. The summed E-state index contributed by atoms with van der Waals surface area (Å²) < 4.78 is 0. The summed E-state index contributed by atoms with van der Waals surface area (Å²) in [6.07, 6.45) is 5.15. The van der Waals surface area contributed by atoms with Crippen molar-refractivity contribution in [2.45, 2.75) is 59.4 Å². The zero-order valence-corrected chi connectivity index (χ0v) is 13.8. The summed E-state index contributed by atoms with van der Waals surface area (Å²) in [4.78, 5) is 4.65.